The second-order valence-corrected chi connectivity index (χ2v) is 11.1. The molecule has 1 aliphatic heterocycles. The smallest absolute Gasteiger partial charge is 0.410 e. The maximum absolute atomic E-state index is 12.4. The molecule has 1 saturated heterocycles. The van der Waals surface area contributed by atoms with Crippen molar-refractivity contribution in [3.63, 3.8) is 0 Å². The van der Waals surface area contributed by atoms with Crippen molar-refractivity contribution in [2.45, 2.75) is 39.3 Å². The van der Waals surface area contributed by atoms with Crippen LogP contribution in [0.2, 0.25) is 0 Å². The monoisotopic (exact) mass is 528 g/mol. The van der Waals surface area contributed by atoms with Gasteiger partial charge in [0.25, 0.3) is 0 Å². The lowest BCUT2D eigenvalue weighted by Crippen LogP contribution is -2.49. The minimum absolute atomic E-state index is 0.235. The van der Waals surface area contributed by atoms with E-state index in [1.54, 1.807) is 11.1 Å². The van der Waals surface area contributed by atoms with Gasteiger partial charge in [-0.25, -0.2) is 19.7 Å². The first-order valence-corrected chi connectivity index (χ1v) is 13.3. The molecule has 5 rings (SSSR count). The average molecular weight is 529 g/mol. The number of hydrogen-bond acceptors (Lipinski definition) is 8. The van der Waals surface area contributed by atoms with Gasteiger partial charge in [-0.3, -0.25) is 9.88 Å². The van der Waals surface area contributed by atoms with Gasteiger partial charge in [-0.1, -0.05) is 0 Å². The third-order valence-corrected chi connectivity index (χ3v) is 6.55. The molecule has 204 valence electrons. The molecule has 0 unspecified atom stereocenters. The van der Waals surface area contributed by atoms with E-state index in [-0.39, 0.29) is 6.09 Å². The lowest BCUT2D eigenvalue weighted by Gasteiger charge is -2.35. The third-order valence-electron chi connectivity index (χ3n) is 6.55. The largest absolute Gasteiger partial charge is 0.444 e. The average Bonchev–Trinajstić information content (AvgIpc) is 3.30. The molecule has 10 heteroatoms. The van der Waals surface area contributed by atoms with Crippen molar-refractivity contribution in [1.29, 1.82) is 0 Å². The first-order chi connectivity index (χ1) is 18.6. The standard InChI is InChI=1S/C29H36N8O2/c1-29(2,3)39-28(38)37-14-12-36(13-15-37)19-20-8-10-30-22(16-20)18-25-32-23-7-6-21(17-24(23)33-25)27-31-11-9-26(34-27)35(4)5/h6-11,16-17H,12-15,18-19H2,1-5H3,(H,32,33). The molecule has 1 N–H and O–H groups in total. The Labute approximate surface area is 229 Å². The van der Waals surface area contributed by atoms with E-state index in [0.717, 1.165) is 53.6 Å². The van der Waals surface area contributed by atoms with Crippen molar-refractivity contribution in [3.8, 4) is 11.4 Å². The molecular weight excluding hydrogens is 492 g/mol. The zero-order valence-electron chi connectivity index (χ0n) is 23.3. The number of piperazine rings is 1. The molecule has 4 heterocycles. The Bertz CT molecular complexity index is 1450. The second kappa shape index (κ2) is 11.0. The molecule has 1 aromatic carbocycles. The molecule has 3 aromatic heterocycles. The van der Waals surface area contributed by atoms with Gasteiger partial charge in [0, 0.05) is 76.9 Å². The lowest BCUT2D eigenvalue weighted by atomic mass is 10.1. The SMILES string of the molecule is CN(C)c1ccnc(-c2ccc3nc(Cc4cc(CN5CCN(C(=O)OC(C)(C)C)CC5)ccn4)[nH]c3c2)n1. The zero-order chi connectivity index (χ0) is 27.6. The molecule has 0 bridgehead atoms. The number of ether oxygens (including phenoxy) is 1. The topological polar surface area (TPSA) is 103 Å². The van der Waals surface area contributed by atoms with Crippen LogP contribution in [0, 0.1) is 0 Å². The highest BCUT2D eigenvalue weighted by molar-refractivity contribution is 5.80. The number of rotatable bonds is 6. The summed E-state index contributed by atoms with van der Waals surface area (Å²) >= 11 is 0. The normalized spacial score (nSPS) is 14.5. The van der Waals surface area contributed by atoms with Gasteiger partial charge in [-0.2, -0.15) is 0 Å². The summed E-state index contributed by atoms with van der Waals surface area (Å²) in [7, 11) is 3.93. The minimum Gasteiger partial charge on any atom is -0.444 e. The van der Waals surface area contributed by atoms with Crippen LogP contribution >= 0.6 is 0 Å². The highest BCUT2D eigenvalue weighted by atomic mass is 16.6. The number of pyridine rings is 1. The Balaban J connectivity index is 1.22. The first kappa shape index (κ1) is 26.6. The first-order valence-electron chi connectivity index (χ1n) is 13.3. The maximum Gasteiger partial charge on any atom is 0.410 e. The van der Waals surface area contributed by atoms with E-state index in [1.165, 1.54) is 5.56 Å². The second-order valence-electron chi connectivity index (χ2n) is 11.1. The number of hydrogen-bond donors (Lipinski definition) is 1. The van der Waals surface area contributed by atoms with E-state index >= 15 is 0 Å². The number of carbonyl (C=O) groups is 1. The fourth-order valence-electron chi connectivity index (χ4n) is 4.59. The van der Waals surface area contributed by atoms with Crippen LogP contribution in [0.25, 0.3) is 22.4 Å². The van der Waals surface area contributed by atoms with Gasteiger partial charge in [-0.15, -0.1) is 0 Å². The maximum atomic E-state index is 12.4. The van der Waals surface area contributed by atoms with E-state index in [4.69, 9.17) is 9.72 Å². The van der Waals surface area contributed by atoms with Gasteiger partial charge in [0.05, 0.1) is 11.0 Å². The van der Waals surface area contributed by atoms with Gasteiger partial charge in [0.15, 0.2) is 5.82 Å². The zero-order valence-corrected chi connectivity index (χ0v) is 23.3. The fourth-order valence-corrected chi connectivity index (χ4v) is 4.59. The van der Waals surface area contributed by atoms with Crippen molar-refractivity contribution >= 4 is 22.9 Å². The number of fused-ring (bicyclic) bond motifs is 1. The number of aromatic amines is 1. The molecule has 1 amide bonds. The van der Waals surface area contributed by atoms with Crippen LogP contribution in [0.1, 0.15) is 37.9 Å². The summed E-state index contributed by atoms with van der Waals surface area (Å²) < 4.78 is 5.51. The molecule has 0 saturated carbocycles. The summed E-state index contributed by atoms with van der Waals surface area (Å²) in [6.45, 7) is 9.44. The van der Waals surface area contributed by atoms with Crippen LogP contribution in [0.3, 0.4) is 0 Å². The molecule has 0 spiro atoms. The van der Waals surface area contributed by atoms with E-state index in [2.05, 4.69) is 37.0 Å². The summed E-state index contributed by atoms with van der Waals surface area (Å²) in [4.78, 5) is 40.4. The number of nitrogens with zero attached hydrogens (tertiary/aromatic N) is 7. The Morgan fingerprint density at radius 3 is 2.51 bits per heavy atom. The number of H-pyrrole nitrogens is 1. The molecule has 4 aromatic rings. The number of aromatic nitrogens is 5. The van der Waals surface area contributed by atoms with E-state index in [9.17, 15) is 4.79 Å². The van der Waals surface area contributed by atoms with E-state index in [0.29, 0.717) is 25.3 Å². The predicted molar refractivity (Wildman–Crippen MR) is 152 cm³/mol. The summed E-state index contributed by atoms with van der Waals surface area (Å²) in [5.74, 6) is 2.41. The lowest BCUT2D eigenvalue weighted by molar-refractivity contribution is 0.0139. The van der Waals surface area contributed by atoms with Crippen molar-refractivity contribution in [2.24, 2.45) is 0 Å². The number of nitrogens with one attached hydrogen (secondary N) is 1. The Morgan fingerprint density at radius 1 is 1.00 bits per heavy atom. The van der Waals surface area contributed by atoms with Crippen molar-refractivity contribution in [1.82, 2.24) is 34.7 Å². The van der Waals surface area contributed by atoms with Gasteiger partial charge >= 0.3 is 6.09 Å². The van der Waals surface area contributed by atoms with Crippen molar-refractivity contribution in [2.75, 3.05) is 45.2 Å². The Morgan fingerprint density at radius 2 is 1.77 bits per heavy atom. The molecule has 1 aliphatic rings. The summed E-state index contributed by atoms with van der Waals surface area (Å²) in [6.07, 6.45) is 4.01. The minimum atomic E-state index is -0.476. The highest BCUT2D eigenvalue weighted by Crippen LogP contribution is 2.23. The Kier molecular flexibility index (Phi) is 7.47. The molecule has 0 atom stereocenters. The third kappa shape index (κ3) is 6.69. The number of amides is 1. The van der Waals surface area contributed by atoms with Crippen LogP contribution in [-0.4, -0.2) is 86.7 Å². The summed E-state index contributed by atoms with van der Waals surface area (Å²) in [5.41, 5.74) is 4.46. The van der Waals surface area contributed by atoms with E-state index < -0.39 is 5.60 Å². The molecule has 1 fully saturated rings. The number of anilines is 1. The van der Waals surface area contributed by atoms with E-state index in [1.807, 2.05) is 70.2 Å². The quantitative estimate of drug-likeness (QED) is 0.399. The molecule has 39 heavy (non-hydrogen) atoms. The Hall–Kier alpha value is -4.05. The van der Waals surface area contributed by atoms with Crippen LogP contribution in [-0.2, 0) is 17.7 Å². The number of imidazole rings is 1. The van der Waals surface area contributed by atoms with Gasteiger partial charge in [0.2, 0.25) is 0 Å². The van der Waals surface area contributed by atoms with Gasteiger partial charge < -0.3 is 19.5 Å². The van der Waals surface area contributed by atoms with Gasteiger partial charge in [0.1, 0.15) is 17.2 Å². The van der Waals surface area contributed by atoms with Crippen molar-refractivity contribution < 1.29 is 9.53 Å². The highest BCUT2D eigenvalue weighted by Gasteiger charge is 2.25. The summed E-state index contributed by atoms with van der Waals surface area (Å²) in [5, 5.41) is 0. The molecule has 10 nitrogen and oxygen atoms in total. The van der Waals surface area contributed by atoms with Gasteiger partial charge in [-0.05, 0) is 62.7 Å². The van der Waals surface area contributed by atoms with Crippen LogP contribution < -0.4 is 4.90 Å². The van der Waals surface area contributed by atoms with Crippen LogP contribution in [0.4, 0.5) is 10.6 Å². The van der Waals surface area contributed by atoms with Crippen LogP contribution in [0.15, 0.2) is 48.8 Å². The molecule has 0 radical (unpaired) electrons. The molecule has 0 aliphatic carbocycles. The fraction of sp³-hybridized carbons (Fsp3) is 0.414. The molecular formula is C29H36N8O2. The number of carbonyl (C=O) groups excluding carboxylic acids is 1. The van der Waals surface area contributed by atoms with Crippen molar-refractivity contribution in [3.05, 3.63) is 65.9 Å². The number of benzene rings is 1. The van der Waals surface area contributed by atoms with Crippen LogP contribution in [0.5, 0.6) is 0 Å². The summed E-state index contributed by atoms with van der Waals surface area (Å²) in [6, 6.07) is 12.1. The predicted octanol–water partition coefficient (Wildman–Crippen LogP) is 4.12.